The van der Waals surface area contributed by atoms with Crippen molar-refractivity contribution in [3.05, 3.63) is 120 Å². The highest BCUT2D eigenvalue weighted by molar-refractivity contribution is 7.99. The first kappa shape index (κ1) is 99.0. The van der Waals surface area contributed by atoms with Crippen molar-refractivity contribution in [2.75, 3.05) is 66.0 Å². The van der Waals surface area contributed by atoms with Crippen LogP contribution in [-0.2, 0) is 73.5 Å². The molecule has 0 radical (unpaired) electrons. The Morgan fingerprint density at radius 2 is 1.28 bits per heavy atom. The van der Waals surface area contributed by atoms with Crippen LogP contribution in [0.15, 0.2) is 107 Å². The Kier molecular flexibility index (Phi) is 39.9. The Labute approximate surface area is 709 Å². The molecule has 3 heterocycles. The maximum absolute atomic E-state index is 15.3. The first-order valence-electron chi connectivity index (χ1n) is 40.1. The van der Waals surface area contributed by atoms with E-state index in [-0.39, 0.29) is 102 Å². The highest BCUT2D eigenvalue weighted by Gasteiger charge is 2.40. The van der Waals surface area contributed by atoms with Crippen LogP contribution in [0.5, 0.6) is 0 Å². The zero-order chi connectivity index (χ0) is 89.9. The molecule has 0 bridgehead atoms. The number of carboxylic acid groups (broad SMARTS) is 1. The lowest BCUT2D eigenvalue weighted by atomic mass is 9.93. The number of aliphatic hydroxyl groups is 2. The third-order valence-electron chi connectivity index (χ3n) is 19.3. The molecular weight excluding hydrogens is 1600 g/mol. The van der Waals surface area contributed by atoms with Crippen molar-refractivity contribution >= 4 is 124 Å². The third kappa shape index (κ3) is 30.7. The van der Waals surface area contributed by atoms with Crippen LogP contribution in [0.25, 0.3) is 23.1 Å². The standard InChI is InChI=1S/C81H115N21O19S/c1-45(2)41-60-75(115)93-55(26-32-82)70(110)92-58(29-35-85)74(114)99-66(46(3)103)77(117)89-37-30-59(73(113)91-56(27-33-83)72(112)97-61(76(116)96-60)42-48-15-9-8-10-16-48)94-71(111)57(28-34-84)95-78(118)67(47(4)104)98-64(105)31-40-121-79(119)81(5,6)44-101(39-38-90-69(109)53(86)23-25-65(106)107)80(120)102-62-43-50(122-63-19-12-11-18-52(63)68(108)87-7)21-22-51(62)54(100-102)24-20-49-17-13-14-36-88-49/h8-22,24,36,43,45-47,53,55-61,66-67,103-104H,23,25-35,37-42,44,82-86H2,1-7H3,(H,87,108)(H,89,117)(H,90,109)(H,91,113)(H,92,110)(H,93,115)(H,94,111)(H,95,118)(H,96,116)(H,97,112)(H,98,105)(H,99,114)(H,106,107)/b24-20+/t46-,47-,53+,55+,56+,57+,58+,59+,60+,61-,66+,67+/m1/s1. The van der Waals surface area contributed by atoms with Gasteiger partial charge in [0.1, 0.15) is 61.0 Å². The van der Waals surface area contributed by atoms with E-state index in [1.54, 1.807) is 123 Å². The van der Waals surface area contributed by atoms with Gasteiger partial charge in [-0.05, 0) is 165 Å². The van der Waals surface area contributed by atoms with Crippen LogP contribution in [0.1, 0.15) is 127 Å². The minimum Gasteiger partial charge on any atom is -0.481 e. The number of carbonyl (C=O) groups is 15. The molecule has 13 amide bonds. The quantitative estimate of drug-likeness (QED) is 0.0176. The summed E-state index contributed by atoms with van der Waals surface area (Å²) in [6.45, 7) is 5.63. The van der Waals surface area contributed by atoms with Crippen molar-refractivity contribution in [3.8, 4) is 0 Å². The molecule has 0 spiro atoms. The summed E-state index contributed by atoms with van der Waals surface area (Å²) in [4.78, 5) is 217. The average molecular weight is 1720 g/mol. The number of hydrogen-bond donors (Lipinski definition) is 20. The first-order valence-corrected chi connectivity index (χ1v) is 40.9. The molecule has 41 heteroatoms. The van der Waals surface area contributed by atoms with E-state index in [1.165, 1.54) is 44.5 Å². The highest BCUT2D eigenvalue weighted by atomic mass is 32.2. The monoisotopic (exact) mass is 1720 g/mol. The Morgan fingerprint density at radius 1 is 0.680 bits per heavy atom. The molecule has 25 N–H and O–H groups in total. The number of ether oxygens (including phenoxy) is 1. The zero-order valence-corrected chi connectivity index (χ0v) is 70.1. The number of nitrogens with one attached hydrogen (secondary N) is 12. The predicted molar refractivity (Wildman–Crippen MR) is 449 cm³/mol. The molecule has 12 atom stereocenters. The molecule has 3 aromatic carbocycles. The van der Waals surface area contributed by atoms with Crippen LogP contribution < -0.4 is 92.5 Å². The van der Waals surface area contributed by atoms with Gasteiger partial charge in [-0.15, -0.1) is 0 Å². The van der Waals surface area contributed by atoms with Gasteiger partial charge in [0.25, 0.3) is 5.91 Å². The zero-order valence-electron chi connectivity index (χ0n) is 69.3. The van der Waals surface area contributed by atoms with Crippen molar-refractivity contribution in [3.63, 3.8) is 0 Å². The summed E-state index contributed by atoms with van der Waals surface area (Å²) in [5.74, 6) is -13.4. The molecule has 1 aliphatic rings. The second-order valence-corrected chi connectivity index (χ2v) is 31.3. The van der Waals surface area contributed by atoms with Gasteiger partial charge in [-0.1, -0.05) is 74.1 Å². The number of nitrogens with two attached hydrogens (primary N) is 5. The smallest absolute Gasteiger partial charge is 0.345 e. The summed E-state index contributed by atoms with van der Waals surface area (Å²) in [5, 5.41) is 67.0. The lowest BCUT2D eigenvalue weighted by Gasteiger charge is -2.31. The largest absolute Gasteiger partial charge is 0.481 e. The number of fused-ring (bicyclic) bond motifs is 1. The van der Waals surface area contributed by atoms with Gasteiger partial charge >= 0.3 is 18.0 Å². The fourth-order valence-corrected chi connectivity index (χ4v) is 13.7. The van der Waals surface area contributed by atoms with E-state index in [0.29, 0.717) is 37.7 Å². The topological polar surface area (TPSA) is 634 Å². The van der Waals surface area contributed by atoms with Crippen molar-refractivity contribution in [1.82, 2.24) is 83.5 Å². The van der Waals surface area contributed by atoms with Gasteiger partial charge < -0.3 is 117 Å². The van der Waals surface area contributed by atoms with Gasteiger partial charge in [-0.25, -0.2) is 4.79 Å². The normalized spacial score (nSPS) is 19.3. The van der Waals surface area contributed by atoms with Crippen molar-refractivity contribution in [1.29, 1.82) is 0 Å². The van der Waals surface area contributed by atoms with E-state index in [2.05, 4.69) is 68.8 Å². The summed E-state index contributed by atoms with van der Waals surface area (Å²) in [7, 11) is 1.50. The van der Waals surface area contributed by atoms with Crippen LogP contribution in [-0.4, -0.2) is 262 Å². The molecule has 1 aliphatic heterocycles. The summed E-state index contributed by atoms with van der Waals surface area (Å²) >= 11 is 1.24. The Morgan fingerprint density at radius 3 is 1.88 bits per heavy atom. The fourth-order valence-electron chi connectivity index (χ4n) is 12.7. The molecule has 0 saturated carbocycles. The van der Waals surface area contributed by atoms with E-state index < -0.39 is 200 Å². The molecule has 0 unspecified atom stereocenters. The second-order valence-electron chi connectivity index (χ2n) is 30.2. The minimum absolute atomic E-state index is 0.00610. The number of amides is 13. The molecular formula is C81H115N21O19S. The van der Waals surface area contributed by atoms with Gasteiger partial charge in [0.05, 0.1) is 52.6 Å². The summed E-state index contributed by atoms with van der Waals surface area (Å²) in [5.41, 5.74) is 30.3. The number of aliphatic carboxylic acids is 1. The van der Waals surface area contributed by atoms with Crippen LogP contribution in [0.4, 0.5) is 4.79 Å². The summed E-state index contributed by atoms with van der Waals surface area (Å²) in [6, 6.07) is 9.50. The maximum Gasteiger partial charge on any atom is 0.345 e. The molecule has 5 aromatic rings. The van der Waals surface area contributed by atoms with Gasteiger partial charge in [-0.2, -0.15) is 9.78 Å². The highest BCUT2D eigenvalue weighted by Crippen LogP contribution is 2.34. The Balaban J connectivity index is 1.24. The van der Waals surface area contributed by atoms with Gasteiger partial charge in [0.2, 0.25) is 65.0 Å². The number of pyridine rings is 1. The molecule has 1 saturated heterocycles. The van der Waals surface area contributed by atoms with Crippen molar-refractivity contribution in [2.45, 2.75) is 188 Å². The number of rotatable bonds is 37. The Hall–Kier alpha value is -11.9. The van der Waals surface area contributed by atoms with E-state index in [1.807, 2.05) is 0 Å². The van der Waals surface area contributed by atoms with Crippen LogP contribution in [0.3, 0.4) is 0 Å². The van der Waals surface area contributed by atoms with E-state index >= 15 is 4.79 Å². The molecule has 2 aromatic heterocycles. The predicted octanol–water partition coefficient (Wildman–Crippen LogP) is -3.02. The number of nitrogens with zero attached hydrogens (tertiary/aromatic N) is 4. The molecule has 6 rings (SSSR count). The fraction of sp³-hybridized carbons (Fsp3) is 0.494. The number of esters is 1. The van der Waals surface area contributed by atoms with Crippen LogP contribution in [0, 0.1) is 11.3 Å². The number of aliphatic hydroxyl groups excluding tert-OH is 2. The van der Waals surface area contributed by atoms with E-state index in [0.717, 1.165) is 11.6 Å². The number of aromatic nitrogens is 3. The van der Waals surface area contributed by atoms with Gasteiger partial charge in [-0.3, -0.25) is 72.1 Å². The average Bonchev–Trinajstić information content (AvgIpc) is 1.62. The van der Waals surface area contributed by atoms with Gasteiger partial charge in [0, 0.05) is 67.4 Å². The lowest BCUT2D eigenvalue weighted by molar-refractivity contribution is -0.155. The Bertz CT molecular complexity index is 4480. The minimum atomic E-state index is -1.84. The molecule has 664 valence electrons. The number of carbonyl (C=O) groups excluding carboxylic acids is 14. The first-order chi connectivity index (χ1) is 58.0. The number of benzene rings is 3. The summed E-state index contributed by atoms with van der Waals surface area (Å²) < 4.78 is 6.75. The third-order valence-corrected chi connectivity index (χ3v) is 20.4. The molecule has 0 aliphatic carbocycles. The van der Waals surface area contributed by atoms with Crippen LogP contribution in [0.2, 0.25) is 0 Å². The molecule has 40 nitrogen and oxygen atoms in total. The van der Waals surface area contributed by atoms with Crippen LogP contribution >= 0.6 is 11.8 Å². The van der Waals surface area contributed by atoms with E-state index in [4.69, 9.17) is 38.5 Å². The van der Waals surface area contributed by atoms with Gasteiger partial charge in [0.15, 0.2) is 0 Å². The SMILES string of the molecule is CNC(=O)c1ccccc1Sc1ccc2c(/C=C/c3ccccn3)nn(C(=O)N(CCNC(=O)[C@@H](N)CCC(=O)O)CC(C)(C)C(=O)OCCC(=O)N[C@H](C(=O)N[C@@H](CCN)C(=O)N[C@H]3CCNC(=O)[C@H]([C@@H](C)O)NC(=O)[C@H](CCN)NC(=O)[C@H](CCN)NC(=O)[C@H](CC(C)C)NC(=O)[C@@H](Cc4ccccc4)NC(=O)[C@H](CCN)NC3=O)[C@@H](C)O)c2c1. The van der Waals surface area contributed by atoms with Crippen molar-refractivity contribution in [2.24, 2.45) is 40.0 Å². The molecule has 1 fully saturated rings. The maximum atomic E-state index is 15.3. The summed E-state index contributed by atoms with van der Waals surface area (Å²) in [6.07, 6.45) is -1.39. The van der Waals surface area contributed by atoms with E-state index in [9.17, 15) is 82.4 Å². The number of hydrogen-bond acceptors (Lipinski definition) is 26. The number of carboxylic acids is 1. The van der Waals surface area contributed by atoms with Crippen molar-refractivity contribution < 1.29 is 92.0 Å². The second kappa shape index (κ2) is 49.2. The molecule has 122 heavy (non-hydrogen) atoms. The lowest BCUT2D eigenvalue weighted by Crippen LogP contribution is -2.61.